The minimum atomic E-state index is -0.981. The third-order valence-corrected chi connectivity index (χ3v) is 1.57. The zero-order chi connectivity index (χ0) is 13.1. The lowest BCUT2D eigenvalue weighted by atomic mass is 10.3. The predicted molar refractivity (Wildman–Crippen MR) is 62.9 cm³/mol. The molecule has 1 aromatic rings. The lowest BCUT2D eigenvalue weighted by Gasteiger charge is -2.08. The Kier molecular flexibility index (Phi) is 8.36. The Balaban J connectivity index is 0.000000437. The highest BCUT2D eigenvalue weighted by atomic mass is 16.5. The Labute approximate surface area is 99.6 Å². The van der Waals surface area contributed by atoms with E-state index in [4.69, 9.17) is 20.1 Å². The number of benzene rings is 1. The van der Waals surface area contributed by atoms with Gasteiger partial charge in [0.25, 0.3) is 0 Å². The first-order valence-electron chi connectivity index (χ1n) is 4.92. The summed E-state index contributed by atoms with van der Waals surface area (Å²) in [6.07, 6.45) is 0.0326. The Bertz CT molecular complexity index is 323. The molecule has 0 amide bonds. The molecular weight excluding hydrogens is 224 g/mol. The lowest BCUT2D eigenvalue weighted by Crippen LogP contribution is -2.21. The first kappa shape index (κ1) is 15.2. The van der Waals surface area contributed by atoms with Crippen LogP contribution in [0.4, 0.5) is 0 Å². The highest BCUT2D eigenvalue weighted by Crippen LogP contribution is 2.08. The Hall–Kier alpha value is -1.85. The third kappa shape index (κ3) is 9.10. The summed E-state index contributed by atoms with van der Waals surface area (Å²) >= 11 is 0. The minimum absolute atomic E-state index is 0.126. The molecule has 5 nitrogen and oxygen atoms in total. The quantitative estimate of drug-likeness (QED) is 0.659. The molecule has 0 aliphatic rings. The van der Waals surface area contributed by atoms with Crippen molar-refractivity contribution in [3.8, 4) is 5.75 Å². The number of ether oxygens (including phenoxy) is 1. The molecule has 0 radical (unpaired) electrons. The number of hydrogen-bond acceptors (Lipinski definition) is 4. The van der Waals surface area contributed by atoms with Gasteiger partial charge < -0.3 is 20.1 Å². The summed E-state index contributed by atoms with van der Waals surface area (Å²) in [6.45, 7) is 2.82. The molecule has 0 aromatic heterocycles. The molecule has 17 heavy (non-hydrogen) atoms. The van der Waals surface area contributed by atoms with Crippen LogP contribution < -0.4 is 4.74 Å². The van der Waals surface area contributed by atoms with Gasteiger partial charge in [-0.05, 0) is 12.1 Å². The standard InChI is InChI=1S/C9H12O3.C3H4O2/c10-6-8(11)7-12-9-4-2-1-3-5-9;1-2-3(4)5/h1-5,8,10-11H,6-7H2;2H,1H2,(H,4,5). The normalized spacial score (nSPS) is 10.7. The average Bonchev–Trinajstić information content (AvgIpc) is 2.37. The molecule has 1 rings (SSSR count). The molecule has 1 atom stereocenters. The largest absolute Gasteiger partial charge is 0.491 e. The van der Waals surface area contributed by atoms with E-state index in [9.17, 15) is 4.79 Å². The molecule has 0 aliphatic heterocycles. The maximum atomic E-state index is 9.25. The minimum Gasteiger partial charge on any atom is -0.491 e. The zero-order valence-corrected chi connectivity index (χ0v) is 9.32. The molecule has 0 aliphatic carbocycles. The Morgan fingerprint density at radius 1 is 1.41 bits per heavy atom. The monoisotopic (exact) mass is 240 g/mol. The van der Waals surface area contributed by atoms with E-state index in [-0.39, 0.29) is 13.2 Å². The molecule has 1 aromatic carbocycles. The third-order valence-electron chi connectivity index (χ3n) is 1.57. The smallest absolute Gasteiger partial charge is 0.327 e. The SMILES string of the molecule is C=CC(=O)O.OCC(O)COc1ccccc1. The predicted octanol–water partition coefficient (Wildman–Crippen LogP) is 0.676. The molecule has 0 saturated carbocycles. The average molecular weight is 240 g/mol. The van der Waals surface area contributed by atoms with Gasteiger partial charge in [0.05, 0.1) is 6.61 Å². The molecule has 1 unspecified atom stereocenters. The Morgan fingerprint density at radius 2 is 1.94 bits per heavy atom. The van der Waals surface area contributed by atoms with E-state index in [1.54, 1.807) is 12.1 Å². The highest BCUT2D eigenvalue weighted by molar-refractivity contribution is 5.78. The first-order chi connectivity index (χ1) is 8.10. The zero-order valence-electron chi connectivity index (χ0n) is 9.32. The van der Waals surface area contributed by atoms with Crippen molar-refractivity contribution in [3.05, 3.63) is 43.0 Å². The van der Waals surface area contributed by atoms with Crippen molar-refractivity contribution in [2.75, 3.05) is 13.2 Å². The fourth-order valence-electron chi connectivity index (χ4n) is 0.762. The van der Waals surface area contributed by atoms with Crippen molar-refractivity contribution >= 4 is 5.97 Å². The van der Waals surface area contributed by atoms with E-state index in [0.29, 0.717) is 5.75 Å². The molecule has 3 N–H and O–H groups in total. The van der Waals surface area contributed by atoms with Gasteiger partial charge in [-0.3, -0.25) is 0 Å². The number of carboxylic acids is 1. The lowest BCUT2D eigenvalue weighted by molar-refractivity contribution is -0.131. The maximum Gasteiger partial charge on any atom is 0.327 e. The van der Waals surface area contributed by atoms with Gasteiger partial charge in [0.1, 0.15) is 18.5 Å². The van der Waals surface area contributed by atoms with Crippen LogP contribution in [0.15, 0.2) is 43.0 Å². The maximum absolute atomic E-state index is 9.25. The van der Waals surface area contributed by atoms with Crippen molar-refractivity contribution < 1.29 is 24.9 Å². The van der Waals surface area contributed by atoms with Crippen LogP contribution in [0.3, 0.4) is 0 Å². The summed E-state index contributed by atoms with van der Waals surface area (Å²) in [5, 5.41) is 25.0. The second-order valence-corrected chi connectivity index (χ2v) is 3.00. The number of aliphatic hydroxyl groups is 2. The van der Waals surface area contributed by atoms with Crippen LogP contribution in [-0.2, 0) is 4.79 Å². The molecular formula is C12H16O5. The van der Waals surface area contributed by atoms with Crippen LogP contribution in [0.5, 0.6) is 5.75 Å². The fourth-order valence-corrected chi connectivity index (χ4v) is 0.762. The van der Waals surface area contributed by atoms with E-state index >= 15 is 0 Å². The second kappa shape index (κ2) is 9.38. The van der Waals surface area contributed by atoms with Crippen molar-refractivity contribution in [3.63, 3.8) is 0 Å². The second-order valence-electron chi connectivity index (χ2n) is 3.00. The topological polar surface area (TPSA) is 87.0 Å². The molecule has 0 bridgehead atoms. The van der Waals surface area contributed by atoms with Crippen LogP contribution in [0, 0.1) is 0 Å². The molecule has 0 saturated heterocycles. The number of aliphatic carboxylic acids is 1. The van der Waals surface area contributed by atoms with E-state index in [2.05, 4.69) is 6.58 Å². The number of carboxylic acid groups (broad SMARTS) is 1. The summed E-state index contributed by atoms with van der Waals surface area (Å²) in [6, 6.07) is 9.17. The van der Waals surface area contributed by atoms with Gasteiger partial charge in [-0.15, -0.1) is 0 Å². The van der Waals surface area contributed by atoms with Crippen LogP contribution in [-0.4, -0.2) is 40.6 Å². The fraction of sp³-hybridized carbons (Fsp3) is 0.250. The molecule has 0 spiro atoms. The van der Waals surface area contributed by atoms with E-state index in [0.717, 1.165) is 6.08 Å². The number of aliphatic hydroxyl groups excluding tert-OH is 2. The van der Waals surface area contributed by atoms with Gasteiger partial charge in [0.2, 0.25) is 0 Å². The van der Waals surface area contributed by atoms with Gasteiger partial charge in [-0.25, -0.2) is 4.79 Å². The summed E-state index contributed by atoms with van der Waals surface area (Å²) in [5.74, 6) is -0.282. The first-order valence-corrected chi connectivity index (χ1v) is 4.92. The number of para-hydroxylation sites is 1. The van der Waals surface area contributed by atoms with Crippen molar-refractivity contribution in [2.24, 2.45) is 0 Å². The van der Waals surface area contributed by atoms with Crippen LogP contribution in [0.25, 0.3) is 0 Å². The molecule has 94 valence electrons. The van der Waals surface area contributed by atoms with E-state index in [1.165, 1.54) is 0 Å². The van der Waals surface area contributed by atoms with Gasteiger partial charge in [0.15, 0.2) is 0 Å². The van der Waals surface area contributed by atoms with E-state index < -0.39 is 12.1 Å². The van der Waals surface area contributed by atoms with Gasteiger partial charge in [-0.2, -0.15) is 0 Å². The van der Waals surface area contributed by atoms with E-state index in [1.807, 2.05) is 18.2 Å². The molecule has 5 heteroatoms. The van der Waals surface area contributed by atoms with Gasteiger partial charge >= 0.3 is 5.97 Å². The van der Waals surface area contributed by atoms with Crippen molar-refractivity contribution in [1.82, 2.24) is 0 Å². The van der Waals surface area contributed by atoms with Gasteiger partial charge in [0, 0.05) is 6.08 Å². The van der Waals surface area contributed by atoms with Crippen molar-refractivity contribution in [1.29, 1.82) is 0 Å². The number of rotatable bonds is 5. The Morgan fingerprint density at radius 3 is 2.35 bits per heavy atom. The summed E-state index contributed by atoms with van der Waals surface area (Å²) in [4.78, 5) is 9.25. The van der Waals surface area contributed by atoms with Gasteiger partial charge in [-0.1, -0.05) is 24.8 Å². The molecule has 0 heterocycles. The summed E-state index contributed by atoms with van der Waals surface area (Å²) < 4.78 is 5.15. The number of hydrogen-bond donors (Lipinski definition) is 3. The molecule has 0 fully saturated rings. The highest BCUT2D eigenvalue weighted by Gasteiger charge is 2.01. The van der Waals surface area contributed by atoms with Crippen LogP contribution in [0.2, 0.25) is 0 Å². The van der Waals surface area contributed by atoms with Crippen LogP contribution >= 0.6 is 0 Å². The summed E-state index contributed by atoms with van der Waals surface area (Å²) in [7, 11) is 0. The van der Waals surface area contributed by atoms with Crippen LogP contribution in [0.1, 0.15) is 0 Å². The summed E-state index contributed by atoms with van der Waals surface area (Å²) in [5.41, 5.74) is 0. The number of carbonyl (C=O) groups is 1. The van der Waals surface area contributed by atoms with Crippen molar-refractivity contribution in [2.45, 2.75) is 6.10 Å².